The molecule has 0 N–H and O–H groups in total. The number of furan rings is 1. The Hall–Kier alpha value is -4.83. The molecule has 0 atom stereocenters. The van der Waals surface area contributed by atoms with Crippen molar-refractivity contribution in [2.24, 2.45) is 0 Å². The highest BCUT2D eigenvalue weighted by atomic mass is 32.1. The standard InChI is InChI=1S/C28H21N5O4S/c1-34-21-9-24(22-11-26(37-25(22)10-21)23-14-33-27(30-23)38-28(31-33)35-2)36-15-17-4-3-5-18(8-17)19-6-7-20-12-29-16-32(20)13-19/h3-14,16H,15H2,1-2H3. The molecule has 0 radical (unpaired) electrons. The van der Waals surface area contributed by atoms with Gasteiger partial charge in [0, 0.05) is 18.3 Å². The monoisotopic (exact) mass is 523 g/mol. The fourth-order valence-electron chi connectivity index (χ4n) is 4.42. The van der Waals surface area contributed by atoms with Gasteiger partial charge in [-0.2, -0.15) is 0 Å². The number of nitrogens with zero attached hydrogens (tertiary/aromatic N) is 5. The Bertz CT molecular complexity index is 1900. The smallest absolute Gasteiger partial charge is 0.294 e. The van der Waals surface area contributed by atoms with Gasteiger partial charge < -0.3 is 23.0 Å². The van der Waals surface area contributed by atoms with Crippen LogP contribution in [0.5, 0.6) is 16.7 Å². The summed E-state index contributed by atoms with van der Waals surface area (Å²) < 4.78 is 26.9. The van der Waals surface area contributed by atoms with E-state index in [-0.39, 0.29) is 0 Å². The molecule has 0 aliphatic rings. The molecule has 10 heteroatoms. The molecule has 188 valence electrons. The molecule has 5 aromatic heterocycles. The number of rotatable bonds is 7. The van der Waals surface area contributed by atoms with Crippen molar-refractivity contribution in [2.75, 3.05) is 14.2 Å². The Balaban J connectivity index is 1.19. The van der Waals surface area contributed by atoms with Gasteiger partial charge in [0.1, 0.15) is 29.4 Å². The van der Waals surface area contributed by atoms with Crippen LogP contribution >= 0.6 is 11.3 Å². The first-order valence-electron chi connectivity index (χ1n) is 11.8. The van der Waals surface area contributed by atoms with E-state index in [2.05, 4.69) is 51.6 Å². The second-order valence-electron chi connectivity index (χ2n) is 8.71. The molecule has 0 aliphatic carbocycles. The minimum absolute atomic E-state index is 0.383. The van der Waals surface area contributed by atoms with Crippen molar-refractivity contribution < 1.29 is 18.6 Å². The van der Waals surface area contributed by atoms with Gasteiger partial charge in [0.05, 0.1) is 43.8 Å². The van der Waals surface area contributed by atoms with Crippen LogP contribution in [-0.2, 0) is 6.61 Å². The summed E-state index contributed by atoms with van der Waals surface area (Å²) in [5, 5.41) is 5.73. The fraction of sp³-hybridized carbons (Fsp3) is 0.107. The van der Waals surface area contributed by atoms with Crippen molar-refractivity contribution in [3.05, 3.63) is 85.1 Å². The lowest BCUT2D eigenvalue weighted by Gasteiger charge is -2.10. The quantitative estimate of drug-likeness (QED) is 0.249. The average molecular weight is 524 g/mol. The number of hydrogen-bond acceptors (Lipinski definition) is 8. The molecule has 0 fully saturated rings. The van der Waals surface area contributed by atoms with Gasteiger partial charge in [-0.15, -0.1) is 5.10 Å². The van der Waals surface area contributed by atoms with Crippen molar-refractivity contribution in [2.45, 2.75) is 6.61 Å². The minimum Gasteiger partial charge on any atom is -0.496 e. The molecular weight excluding hydrogens is 502 g/mol. The molecular formula is C28H21N5O4S. The first kappa shape index (κ1) is 22.4. The van der Waals surface area contributed by atoms with Gasteiger partial charge in [-0.25, -0.2) is 14.5 Å². The molecule has 0 spiro atoms. The van der Waals surface area contributed by atoms with Gasteiger partial charge in [-0.1, -0.05) is 24.3 Å². The van der Waals surface area contributed by atoms with Crippen LogP contribution in [0.4, 0.5) is 0 Å². The van der Waals surface area contributed by atoms with Gasteiger partial charge in [0.15, 0.2) is 5.76 Å². The van der Waals surface area contributed by atoms with E-state index in [0.717, 1.165) is 32.6 Å². The van der Waals surface area contributed by atoms with Crippen molar-refractivity contribution >= 4 is 32.8 Å². The third kappa shape index (κ3) is 3.91. The van der Waals surface area contributed by atoms with E-state index in [4.69, 9.17) is 18.6 Å². The molecule has 0 bridgehead atoms. The predicted octanol–water partition coefficient (Wildman–Crippen LogP) is 6.11. The summed E-state index contributed by atoms with van der Waals surface area (Å²) >= 11 is 1.36. The first-order valence-corrected chi connectivity index (χ1v) is 12.6. The van der Waals surface area contributed by atoms with Crippen LogP contribution < -0.4 is 14.2 Å². The van der Waals surface area contributed by atoms with Gasteiger partial charge >= 0.3 is 0 Å². The molecule has 7 aromatic rings. The Kier molecular flexibility index (Phi) is 5.26. The molecule has 7 rings (SSSR count). The van der Waals surface area contributed by atoms with Gasteiger partial charge in [0.25, 0.3) is 5.19 Å². The largest absolute Gasteiger partial charge is 0.496 e. The van der Waals surface area contributed by atoms with E-state index in [1.165, 1.54) is 11.3 Å². The topological polar surface area (TPSA) is 88.3 Å². The zero-order valence-corrected chi connectivity index (χ0v) is 21.3. The number of imidazole rings is 2. The number of ether oxygens (including phenoxy) is 3. The van der Waals surface area contributed by atoms with Crippen LogP contribution in [0.2, 0.25) is 0 Å². The van der Waals surface area contributed by atoms with E-state index in [1.807, 2.05) is 41.1 Å². The van der Waals surface area contributed by atoms with Gasteiger partial charge in [-0.3, -0.25) is 0 Å². The molecule has 0 unspecified atom stereocenters. The van der Waals surface area contributed by atoms with Crippen LogP contribution in [0, 0.1) is 0 Å². The maximum Gasteiger partial charge on any atom is 0.294 e. The molecule has 0 aliphatic heterocycles. The van der Waals surface area contributed by atoms with E-state index >= 15 is 0 Å². The molecule has 9 nitrogen and oxygen atoms in total. The first-order chi connectivity index (χ1) is 18.7. The molecule has 0 saturated heterocycles. The van der Waals surface area contributed by atoms with Crippen LogP contribution in [0.25, 0.3) is 44.0 Å². The summed E-state index contributed by atoms with van der Waals surface area (Å²) in [7, 11) is 3.21. The van der Waals surface area contributed by atoms with Gasteiger partial charge in [-0.05, 0) is 46.2 Å². The van der Waals surface area contributed by atoms with Gasteiger partial charge in [0.2, 0.25) is 4.96 Å². The average Bonchev–Trinajstić information content (AvgIpc) is 3.73. The molecule has 38 heavy (non-hydrogen) atoms. The Labute approximate surface area is 220 Å². The summed E-state index contributed by atoms with van der Waals surface area (Å²) in [6.07, 6.45) is 7.54. The highest BCUT2D eigenvalue weighted by molar-refractivity contribution is 7.18. The highest BCUT2D eigenvalue weighted by Crippen LogP contribution is 2.37. The summed E-state index contributed by atoms with van der Waals surface area (Å²) in [6, 6.07) is 18.1. The maximum absolute atomic E-state index is 6.31. The van der Waals surface area contributed by atoms with E-state index in [0.29, 0.717) is 40.3 Å². The van der Waals surface area contributed by atoms with Crippen LogP contribution in [0.15, 0.2) is 83.9 Å². The lowest BCUT2D eigenvalue weighted by molar-refractivity contribution is 0.307. The summed E-state index contributed by atoms with van der Waals surface area (Å²) in [4.78, 5) is 9.56. The van der Waals surface area contributed by atoms with Crippen LogP contribution in [0.1, 0.15) is 5.56 Å². The Morgan fingerprint density at radius 2 is 1.92 bits per heavy atom. The number of pyridine rings is 1. The number of aromatic nitrogens is 5. The maximum atomic E-state index is 6.31. The lowest BCUT2D eigenvalue weighted by atomic mass is 10.0. The van der Waals surface area contributed by atoms with Crippen LogP contribution in [-0.4, -0.2) is 38.2 Å². The van der Waals surface area contributed by atoms with E-state index < -0.39 is 0 Å². The normalized spacial score (nSPS) is 11.5. The fourth-order valence-corrected chi connectivity index (χ4v) is 5.12. The van der Waals surface area contributed by atoms with E-state index in [9.17, 15) is 0 Å². The third-order valence-electron chi connectivity index (χ3n) is 6.32. The molecule has 0 saturated carbocycles. The summed E-state index contributed by atoms with van der Waals surface area (Å²) in [5.74, 6) is 1.93. The highest BCUT2D eigenvalue weighted by Gasteiger charge is 2.17. The molecule has 2 aromatic carbocycles. The minimum atomic E-state index is 0.383. The zero-order valence-electron chi connectivity index (χ0n) is 20.5. The number of benzene rings is 2. The predicted molar refractivity (Wildman–Crippen MR) is 144 cm³/mol. The number of fused-ring (bicyclic) bond motifs is 3. The zero-order chi connectivity index (χ0) is 25.6. The van der Waals surface area contributed by atoms with Crippen molar-refractivity contribution in [1.82, 2.24) is 24.0 Å². The summed E-state index contributed by atoms with van der Waals surface area (Å²) in [5.41, 5.74) is 5.64. The number of hydrogen-bond donors (Lipinski definition) is 0. The number of methoxy groups -OCH3 is 2. The van der Waals surface area contributed by atoms with Crippen molar-refractivity contribution in [3.63, 3.8) is 0 Å². The summed E-state index contributed by atoms with van der Waals surface area (Å²) in [6.45, 7) is 0.383. The van der Waals surface area contributed by atoms with Crippen molar-refractivity contribution in [1.29, 1.82) is 0 Å². The second kappa shape index (κ2) is 8.93. The Morgan fingerprint density at radius 3 is 2.79 bits per heavy atom. The molecule has 5 heterocycles. The second-order valence-corrected chi connectivity index (χ2v) is 9.62. The Morgan fingerprint density at radius 1 is 0.974 bits per heavy atom. The van der Waals surface area contributed by atoms with Crippen molar-refractivity contribution in [3.8, 4) is 39.3 Å². The SMILES string of the molecule is COc1cc(OCc2cccc(-c3ccc4cncn4c3)c2)c2cc(-c3cn4nc(OC)sc4n3)oc2c1. The lowest BCUT2D eigenvalue weighted by Crippen LogP contribution is -1.97. The van der Waals surface area contributed by atoms with Crippen LogP contribution in [0.3, 0.4) is 0 Å². The third-order valence-corrected chi connectivity index (χ3v) is 7.21. The van der Waals surface area contributed by atoms with E-state index in [1.54, 1.807) is 25.1 Å². The molecule has 0 amide bonds.